The SMILES string of the molecule is CCCCC(CC(CC)CSc1cc(OC)ccc1N)C(=O)O. The van der Waals surface area contributed by atoms with Crippen LogP contribution in [-0.4, -0.2) is 23.9 Å². The Bertz CT molecular complexity index is 493. The largest absolute Gasteiger partial charge is 0.497 e. The third kappa shape index (κ3) is 6.73. The van der Waals surface area contributed by atoms with Crippen LogP contribution >= 0.6 is 11.8 Å². The first-order valence-corrected chi connectivity index (χ1v) is 9.29. The first-order chi connectivity index (χ1) is 11.0. The molecule has 0 aliphatic heterocycles. The Kier molecular flexibility index (Phi) is 8.92. The Hall–Kier alpha value is -1.36. The minimum atomic E-state index is -0.664. The van der Waals surface area contributed by atoms with E-state index in [-0.39, 0.29) is 5.92 Å². The minimum Gasteiger partial charge on any atom is -0.497 e. The van der Waals surface area contributed by atoms with E-state index in [1.165, 1.54) is 0 Å². The summed E-state index contributed by atoms with van der Waals surface area (Å²) < 4.78 is 5.24. The van der Waals surface area contributed by atoms with Gasteiger partial charge in [-0.1, -0.05) is 33.1 Å². The van der Waals surface area contributed by atoms with Gasteiger partial charge in [0, 0.05) is 16.3 Å². The Morgan fingerprint density at radius 3 is 2.70 bits per heavy atom. The number of carboxylic acid groups (broad SMARTS) is 1. The number of rotatable bonds is 11. The fourth-order valence-electron chi connectivity index (χ4n) is 2.52. The number of nitrogens with two attached hydrogens (primary N) is 1. The number of ether oxygens (including phenoxy) is 1. The van der Waals surface area contributed by atoms with Crippen LogP contribution in [0.5, 0.6) is 5.75 Å². The minimum absolute atomic E-state index is 0.233. The van der Waals surface area contributed by atoms with E-state index < -0.39 is 5.97 Å². The molecule has 0 aliphatic rings. The topological polar surface area (TPSA) is 72.5 Å². The molecule has 4 nitrogen and oxygen atoms in total. The average Bonchev–Trinajstić information content (AvgIpc) is 2.55. The van der Waals surface area contributed by atoms with Gasteiger partial charge in [-0.25, -0.2) is 0 Å². The Labute approximate surface area is 143 Å². The van der Waals surface area contributed by atoms with E-state index in [1.54, 1.807) is 18.9 Å². The molecule has 2 unspecified atom stereocenters. The molecule has 0 spiro atoms. The number of anilines is 1. The van der Waals surface area contributed by atoms with Crippen molar-refractivity contribution in [1.29, 1.82) is 0 Å². The van der Waals surface area contributed by atoms with Gasteiger partial charge in [0.25, 0.3) is 0 Å². The normalized spacial score (nSPS) is 13.5. The van der Waals surface area contributed by atoms with Gasteiger partial charge in [0.15, 0.2) is 0 Å². The van der Waals surface area contributed by atoms with Crippen LogP contribution in [0, 0.1) is 11.8 Å². The van der Waals surface area contributed by atoms with Crippen LogP contribution in [0.25, 0.3) is 0 Å². The van der Waals surface area contributed by atoms with E-state index in [2.05, 4.69) is 13.8 Å². The molecule has 0 heterocycles. The summed E-state index contributed by atoms with van der Waals surface area (Å²) in [6, 6.07) is 5.64. The number of carboxylic acids is 1. The fourth-order valence-corrected chi connectivity index (χ4v) is 3.74. The van der Waals surface area contributed by atoms with E-state index in [4.69, 9.17) is 10.5 Å². The van der Waals surface area contributed by atoms with Crippen molar-refractivity contribution in [2.75, 3.05) is 18.6 Å². The van der Waals surface area contributed by atoms with Crippen LogP contribution < -0.4 is 10.5 Å². The van der Waals surface area contributed by atoms with Gasteiger partial charge in [0.05, 0.1) is 13.0 Å². The first kappa shape index (κ1) is 19.7. The second-order valence-corrected chi connectivity index (χ2v) is 6.96. The predicted octanol–water partition coefficient (Wildman–Crippen LogP) is 4.68. The number of thioether (sulfide) groups is 1. The molecule has 0 saturated carbocycles. The lowest BCUT2D eigenvalue weighted by Gasteiger charge is -2.20. The summed E-state index contributed by atoms with van der Waals surface area (Å²) in [7, 11) is 1.64. The standard InChI is InChI=1S/C18H29NO3S/c1-4-6-7-14(18(20)21)10-13(5-2)12-23-17-11-15(22-3)8-9-16(17)19/h8-9,11,13-14H,4-7,10,12,19H2,1-3H3,(H,20,21). The molecule has 0 bridgehead atoms. The number of carbonyl (C=O) groups is 1. The lowest BCUT2D eigenvalue weighted by atomic mass is 9.90. The zero-order valence-electron chi connectivity index (χ0n) is 14.4. The highest BCUT2D eigenvalue weighted by atomic mass is 32.2. The van der Waals surface area contributed by atoms with Crippen molar-refractivity contribution in [3.63, 3.8) is 0 Å². The van der Waals surface area contributed by atoms with Crippen molar-refractivity contribution >= 4 is 23.4 Å². The molecule has 1 aromatic carbocycles. The summed E-state index contributed by atoms with van der Waals surface area (Å²) in [5.74, 6) is 1.15. The summed E-state index contributed by atoms with van der Waals surface area (Å²) in [5.41, 5.74) is 6.76. The quantitative estimate of drug-likeness (QED) is 0.452. The second-order valence-electron chi connectivity index (χ2n) is 5.90. The summed E-state index contributed by atoms with van der Waals surface area (Å²) >= 11 is 1.69. The van der Waals surface area contributed by atoms with Crippen LogP contribution in [0.4, 0.5) is 5.69 Å². The maximum absolute atomic E-state index is 11.4. The number of aliphatic carboxylic acids is 1. The molecular weight excluding hydrogens is 310 g/mol. The Morgan fingerprint density at radius 1 is 1.39 bits per heavy atom. The van der Waals surface area contributed by atoms with Crippen molar-refractivity contribution in [3.8, 4) is 5.75 Å². The molecular formula is C18H29NO3S. The van der Waals surface area contributed by atoms with Gasteiger partial charge in [-0.2, -0.15) is 0 Å². The van der Waals surface area contributed by atoms with Crippen LogP contribution in [0.3, 0.4) is 0 Å². The molecule has 0 fully saturated rings. The summed E-state index contributed by atoms with van der Waals surface area (Å²) in [4.78, 5) is 12.4. The zero-order chi connectivity index (χ0) is 17.2. The molecule has 0 saturated heterocycles. The van der Waals surface area contributed by atoms with Crippen molar-refractivity contribution < 1.29 is 14.6 Å². The van der Waals surface area contributed by atoms with Gasteiger partial charge in [0.1, 0.15) is 5.75 Å². The van der Waals surface area contributed by atoms with Crippen molar-refractivity contribution in [2.24, 2.45) is 11.8 Å². The Morgan fingerprint density at radius 2 is 2.13 bits per heavy atom. The number of unbranched alkanes of at least 4 members (excludes halogenated alkanes) is 1. The van der Waals surface area contributed by atoms with E-state index in [0.29, 0.717) is 5.92 Å². The Balaban J connectivity index is 2.63. The molecule has 2 atom stereocenters. The second kappa shape index (κ2) is 10.4. The average molecular weight is 340 g/mol. The monoisotopic (exact) mass is 339 g/mol. The molecule has 0 aromatic heterocycles. The van der Waals surface area contributed by atoms with Crippen molar-refractivity contribution in [2.45, 2.75) is 50.8 Å². The highest BCUT2D eigenvalue weighted by Crippen LogP contribution is 2.33. The molecule has 1 rings (SSSR count). The number of methoxy groups -OCH3 is 1. The van der Waals surface area contributed by atoms with Gasteiger partial charge >= 0.3 is 5.97 Å². The van der Waals surface area contributed by atoms with E-state index in [1.807, 2.05) is 18.2 Å². The molecule has 130 valence electrons. The van der Waals surface area contributed by atoms with E-state index in [9.17, 15) is 9.90 Å². The van der Waals surface area contributed by atoms with Gasteiger partial charge in [-0.3, -0.25) is 4.79 Å². The van der Waals surface area contributed by atoms with Crippen LogP contribution in [0.1, 0.15) is 46.0 Å². The predicted molar refractivity (Wildman–Crippen MR) is 97.2 cm³/mol. The summed E-state index contributed by atoms with van der Waals surface area (Å²) in [5, 5.41) is 9.40. The molecule has 1 aromatic rings. The van der Waals surface area contributed by atoms with Crippen LogP contribution in [0.2, 0.25) is 0 Å². The number of hydrogen-bond donors (Lipinski definition) is 2. The van der Waals surface area contributed by atoms with Crippen molar-refractivity contribution in [3.05, 3.63) is 18.2 Å². The third-order valence-corrected chi connectivity index (χ3v) is 5.45. The molecule has 5 heteroatoms. The van der Waals surface area contributed by atoms with E-state index >= 15 is 0 Å². The maximum Gasteiger partial charge on any atom is 0.306 e. The molecule has 23 heavy (non-hydrogen) atoms. The number of nitrogen functional groups attached to an aromatic ring is 1. The fraction of sp³-hybridized carbons (Fsp3) is 0.611. The first-order valence-electron chi connectivity index (χ1n) is 8.30. The van der Waals surface area contributed by atoms with Gasteiger partial charge in [0.2, 0.25) is 0 Å². The maximum atomic E-state index is 11.4. The van der Waals surface area contributed by atoms with E-state index in [0.717, 1.165) is 54.2 Å². The van der Waals surface area contributed by atoms with Crippen LogP contribution in [-0.2, 0) is 4.79 Å². The van der Waals surface area contributed by atoms with Gasteiger partial charge in [-0.05, 0) is 37.0 Å². The van der Waals surface area contributed by atoms with Gasteiger partial charge in [-0.15, -0.1) is 11.8 Å². The summed E-state index contributed by atoms with van der Waals surface area (Å²) in [6.45, 7) is 4.22. The number of benzene rings is 1. The highest BCUT2D eigenvalue weighted by molar-refractivity contribution is 7.99. The zero-order valence-corrected chi connectivity index (χ0v) is 15.2. The smallest absolute Gasteiger partial charge is 0.306 e. The molecule has 0 radical (unpaired) electrons. The number of hydrogen-bond acceptors (Lipinski definition) is 4. The third-order valence-electron chi connectivity index (χ3n) is 4.15. The lowest BCUT2D eigenvalue weighted by Crippen LogP contribution is -2.19. The summed E-state index contributed by atoms with van der Waals surface area (Å²) in [6.07, 6.45) is 4.50. The van der Waals surface area contributed by atoms with Crippen molar-refractivity contribution in [1.82, 2.24) is 0 Å². The van der Waals surface area contributed by atoms with Gasteiger partial charge < -0.3 is 15.6 Å². The molecule has 3 N–H and O–H groups in total. The molecule has 0 amide bonds. The molecule has 0 aliphatic carbocycles. The highest BCUT2D eigenvalue weighted by Gasteiger charge is 2.21. The van der Waals surface area contributed by atoms with Crippen LogP contribution in [0.15, 0.2) is 23.1 Å². The lowest BCUT2D eigenvalue weighted by molar-refractivity contribution is -0.142.